The maximum absolute atomic E-state index is 12.4. The molecule has 1 saturated heterocycles. The first kappa shape index (κ1) is 29.2. The molecule has 2 aromatic rings. The number of aliphatic hydroxyl groups excluding tert-OH is 1. The summed E-state index contributed by atoms with van der Waals surface area (Å²) in [5, 5.41) is 42.4. The molecule has 0 bridgehead atoms. The molecule has 2 heterocycles. The Morgan fingerprint density at radius 2 is 1.82 bits per heavy atom. The Hall–Kier alpha value is -4.33. The molecule has 3 rings (SSSR count). The molecule has 0 spiro atoms. The second-order valence-corrected chi connectivity index (χ2v) is 9.91. The highest BCUT2D eigenvalue weighted by atomic mass is 32.2. The van der Waals surface area contributed by atoms with Crippen LogP contribution in [0.5, 0.6) is 0 Å². The van der Waals surface area contributed by atoms with Gasteiger partial charge >= 0.3 is 6.09 Å². The zero-order valence-electron chi connectivity index (χ0n) is 21.3. The number of carbonyl (C=O) groups excluding carboxylic acids is 2. The zero-order chi connectivity index (χ0) is 28.5. The van der Waals surface area contributed by atoms with Gasteiger partial charge in [0.05, 0.1) is 17.7 Å². The molecule has 204 valence electrons. The van der Waals surface area contributed by atoms with Gasteiger partial charge in [0.2, 0.25) is 11.8 Å². The maximum Gasteiger partial charge on any atom is 0.405 e. The van der Waals surface area contributed by atoms with Crippen LogP contribution in [0.4, 0.5) is 10.6 Å². The largest absolute Gasteiger partial charge is 0.465 e. The molecule has 39 heavy (non-hydrogen) atoms. The van der Waals surface area contributed by atoms with Gasteiger partial charge in [0, 0.05) is 19.1 Å². The number of rotatable bonds is 10. The Morgan fingerprint density at radius 1 is 1.18 bits per heavy atom. The van der Waals surface area contributed by atoms with Crippen LogP contribution in [0, 0.1) is 22.7 Å². The molecular weight excluding hydrogens is 522 g/mol. The standard InChI is InChI=1S/C26H29N7O5S/c1-2-17-18(12-27)23(33-10-8-16(9-11-33)30-24(36)20(14-34)31-26(37)38)32-25(19(17)13-28)39-21(22(29)35)15-6-4-3-5-7-15/h3-7,16,20-21,31,34H,2,8-11,14H2,1H3,(H2,29,35)(H,30,36)(H,37,38)/t20-,21?/m1/s1. The molecule has 1 aliphatic rings. The fraction of sp³-hybridized carbons (Fsp3) is 0.385. The normalized spacial score (nSPS) is 14.9. The van der Waals surface area contributed by atoms with E-state index in [-0.39, 0.29) is 17.2 Å². The highest BCUT2D eigenvalue weighted by Gasteiger charge is 2.30. The zero-order valence-corrected chi connectivity index (χ0v) is 22.1. The van der Waals surface area contributed by atoms with Crippen molar-refractivity contribution < 1.29 is 24.6 Å². The average Bonchev–Trinajstić information content (AvgIpc) is 2.94. The number of carboxylic acid groups (broad SMARTS) is 1. The number of benzene rings is 1. The summed E-state index contributed by atoms with van der Waals surface area (Å²) in [6.45, 7) is 2.00. The number of nitriles is 2. The second kappa shape index (κ2) is 13.5. The Balaban J connectivity index is 1.88. The van der Waals surface area contributed by atoms with Crippen LogP contribution in [0.25, 0.3) is 0 Å². The number of carbonyl (C=O) groups is 3. The van der Waals surface area contributed by atoms with Crippen molar-refractivity contribution in [2.24, 2.45) is 5.73 Å². The number of hydrogen-bond donors (Lipinski definition) is 5. The van der Waals surface area contributed by atoms with Crippen LogP contribution in [0.1, 0.15) is 47.3 Å². The molecule has 13 heteroatoms. The molecule has 3 amide bonds. The van der Waals surface area contributed by atoms with E-state index in [0.717, 1.165) is 11.8 Å². The van der Waals surface area contributed by atoms with Gasteiger partial charge < -0.3 is 31.5 Å². The van der Waals surface area contributed by atoms with Crippen LogP contribution in [-0.4, -0.2) is 64.9 Å². The molecule has 1 aromatic heterocycles. The van der Waals surface area contributed by atoms with Crippen molar-refractivity contribution in [1.82, 2.24) is 15.6 Å². The summed E-state index contributed by atoms with van der Waals surface area (Å²) < 4.78 is 0. The molecule has 0 aliphatic carbocycles. The van der Waals surface area contributed by atoms with Gasteiger partial charge in [-0.3, -0.25) is 9.59 Å². The van der Waals surface area contributed by atoms with E-state index in [1.807, 2.05) is 23.2 Å². The van der Waals surface area contributed by atoms with E-state index < -0.39 is 35.8 Å². The number of aliphatic hydroxyl groups is 1. The molecule has 1 fully saturated rings. The number of primary amides is 1. The molecule has 0 radical (unpaired) electrons. The van der Waals surface area contributed by atoms with Crippen LogP contribution in [0.2, 0.25) is 0 Å². The van der Waals surface area contributed by atoms with E-state index >= 15 is 0 Å². The van der Waals surface area contributed by atoms with Crippen LogP contribution in [-0.2, 0) is 16.0 Å². The Morgan fingerprint density at radius 3 is 2.33 bits per heavy atom. The van der Waals surface area contributed by atoms with Crippen molar-refractivity contribution in [2.75, 3.05) is 24.6 Å². The van der Waals surface area contributed by atoms with E-state index in [4.69, 9.17) is 15.8 Å². The summed E-state index contributed by atoms with van der Waals surface area (Å²) in [5.74, 6) is -0.827. The van der Waals surface area contributed by atoms with Gasteiger partial charge in [-0.2, -0.15) is 10.5 Å². The van der Waals surface area contributed by atoms with Gasteiger partial charge in [0.25, 0.3) is 0 Å². The third kappa shape index (κ3) is 6.96. The lowest BCUT2D eigenvalue weighted by molar-refractivity contribution is -0.124. The SMILES string of the molecule is CCc1c(C#N)c(SC(C(N)=O)c2ccccc2)nc(N2CCC(NC(=O)[C@@H](CO)NC(=O)O)CC2)c1C#N. The van der Waals surface area contributed by atoms with Crippen LogP contribution in [0.3, 0.4) is 0 Å². The third-order valence-corrected chi connectivity index (χ3v) is 7.61. The van der Waals surface area contributed by atoms with Crippen molar-refractivity contribution in [3.05, 3.63) is 52.6 Å². The van der Waals surface area contributed by atoms with E-state index in [9.17, 15) is 30.0 Å². The fourth-order valence-corrected chi connectivity index (χ4v) is 5.47. The minimum Gasteiger partial charge on any atom is -0.465 e. The van der Waals surface area contributed by atoms with Crippen LogP contribution >= 0.6 is 11.8 Å². The molecule has 1 aliphatic heterocycles. The molecule has 12 nitrogen and oxygen atoms in total. The Kier molecular flexibility index (Phi) is 10.1. The van der Waals surface area contributed by atoms with Crippen molar-refractivity contribution in [3.63, 3.8) is 0 Å². The summed E-state index contributed by atoms with van der Waals surface area (Å²) in [4.78, 5) is 42.2. The summed E-state index contributed by atoms with van der Waals surface area (Å²) in [6.07, 6.45) is -0.0725. The molecule has 6 N–H and O–H groups in total. The second-order valence-electron chi connectivity index (χ2n) is 8.81. The van der Waals surface area contributed by atoms with Gasteiger partial charge in [0.15, 0.2) is 0 Å². The number of thioether (sulfide) groups is 1. The highest BCUT2D eigenvalue weighted by Crippen LogP contribution is 2.39. The van der Waals surface area contributed by atoms with Crippen molar-refractivity contribution in [2.45, 2.75) is 48.5 Å². The van der Waals surface area contributed by atoms with Crippen LogP contribution in [0.15, 0.2) is 35.4 Å². The predicted molar refractivity (Wildman–Crippen MR) is 143 cm³/mol. The quantitative estimate of drug-likeness (QED) is 0.268. The predicted octanol–water partition coefficient (Wildman–Crippen LogP) is 1.42. The molecule has 2 atom stereocenters. The summed E-state index contributed by atoms with van der Waals surface area (Å²) in [6, 6.07) is 11.7. The van der Waals surface area contributed by atoms with Crippen molar-refractivity contribution in [1.29, 1.82) is 10.5 Å². The number of hydrogen-bond acceptors (Lipinski definition) is 9. The summed E-state index contributed by atoms with van der Waals surface area (Å²) in [5.41, 5.74) is 7.42. The number of amides is 3. The number of pyridine rings is 1. The van der Waals surface area contributed by atoms with Crippen molar-refractivity contribution in [3.8, 4) is 12.1 Å². The summed E-state index contributed by atoms with van der Waals surface area (Å²) >= 11 is 1.07. The number of nitrogens with two attached hydrogens (primary N) is 1. The molecule has 0 saturated carbocycles. The van der Waals surface area contributed by atoms with E-state index in [2.05, 4.69) is 17.5 Å². The first-order chi connectivity index (χ1) is 18.7. The topological polar surface area (TPSA) is 205 Å². The monoisotopic (exact) mass is 551 g/mol. The Bertz CT molecular complexity index is 1300. The van der Waals surface area contributed by atoms with Gasteiger partial charge in [-0.15, -0.1) is 0 Å². The molecular formula is C26H29N7O5S. The minimum absolute atomic E-state index is 0.230. The first-order valence-electron chi connectivity index (χ1n) is 12.3. The van der Waals surface area contributed by atoms with Gasteiger partial charge in [0.1, 0.15) is 34.3 Å². The number of nitrogens with one attached hydrogen (secondary N) is 2. The minimum atomic E-state index is -1.42. The van der Waals surface area contributed by atoms with E-state index in [0.29, 0.717) is 54.3 Å². The van der Waals surface area contributed by atoms with E-state index in [1.165, 1.54) is 0 Å². The lowest BCUT2D eigenvalue weighted by Crippen LogP contribution is -2.53. The molecule has 1 aromatic carbocycles. The Labute approximate surface area is 229 Å². The third-order valence-electron chi connectivity index (χ3n) is 6.35. The van der Waals surface area contributed by atoms with Gasteiger partial charge in [-0.25, -0.2) is 9.78 Å². The average molecular weight is 552 g/mol. The van der Waals surface area contributed by atoms with Gasteiger partial charge in [-0.1, -0.05) is 49.0 Å². The van der Waals surface area contributed by atoms with Crippen LogP contribution < -0.4 is 21.3 Å². The van der Waals surface area contributed by atoms with Crippen molar-refractivity contribution >= 4 is 35.5 Å². The number of nitrogens with zero attached hydrogens (tertiary/aromatic N) is 4. The van der Waals surface area contributed by atoms with E-state index in [1.54, 1.807) is 24.3 Å². The highest BCUT2D eigenvalue weighted by molar-refractivity contribution is 8.00. The fourth-order valence-electron chi connectivity index (χ4n) is 4.41. The molecule has 1 unspecified atom stereocenters. The lowest BCUT2D eigenvalue weighted by atomic mass is 9.99. The summed E-state index contributed by atoms with van der Waals surface area (Å²) in [7, 11) is 0. The number of anilines is 1. The van der Waals surface area contributed by atoms with Gasteiger partial charge in [-0.05, 0) is 30.4 Å². The first-order valence-corrected chi connectivity index (χ1v) is 13.2. The smallest absolute Gasteiger partial charge is 0.405 e. The number of aromatic nitrogens is 1. The lowest BCUT2D eigenvalue weighted by Gasteiger charge is -2.34. The number of piperidine rings is 1. The maximum atomic E-state index is 12.4.